The van der Waals surface area contributed by atoms with Crippen molar-refractivity contribution in [3.8, 4) is 11.5 Å². The summed E-state index contributed by atoms with van der Waals surface area (Å²) in [5.41, 5.74) is 1.27. The van der Waals surface area contributed by atoms with Crippen LogP contribution in [-0.4, -0.2) is 21.8 Å². The van der Waals surface area contributed by atoms with Crippen LogP contribution in [0.2, 0.25) is 0 Å². The fraction of sp³-hybridized carbons (Fsp3) is 0.0714. The molecule has 2 N–H and O–H groups in total. The predicted molar refractivity (Wildman–Crippen MR) is 137 cm³/mol. The van der Waals surface area contributed by atoms with Crippen molar-refractivity contribution in [1.82, 2.24) is 0 Å². The summed E-state index contributed by atoms with van der Waals surface area (Å²) in [4.78, 5) is 22.5. The highest BCUT2D eigenvalue weighted by atomic mass is 19.1. The Kier molecular flexibility index (Phi) is 9.20. The zero-order valence-corrected chi connectivity index (χ0v) is 20.3. The summed E-state index contributed by atoms with van der Waals surface area (Å²) >= 11 is 0. The second-order valence-electron chi connectivity index (χ2n) is 7.82. The van der Waals surface area contributed by atoms with Crippen LogP contribution in [0.4, 0.5) is 31.5 Å². The molecule has 38 heavy (non-hydrogen) atoms. The molecule has 4 aromatic rings. The van der Waals surface area contributed by atoms with Crippen LogP contribution < -0.4 is 0 Å². The summed E-state index contributed by atoms with van der Waals surface area (Å²) in [5, 5.41) is 34.2. The largest absolute Gasteiger partial charge is 0.507 e. The van der Waals surface area contributed by atoms with Crippen molar-refractivity contribution in [1.29, 1.82) is 0 Å². The van der Waals surface area contributed by atoms with E-state index in [-0.39, 0.29) is 45.6 Å². The van der Waals surface area contributed by atoms with Gasteiger partial charge in [0.15, 0.2) is 23.2 Å². The number of hydrogen-bond acceptors (Lipinski definition) is 8. The van der Waals surface area contributed by atoms with E-state index >= 15 is 0 Å². The van der Waals surface area contributed by atoms with Gasteiger partial charge in [-0.2, -0.15) is 10.2 Å². The number of ketones is 2. The summed E-state index contributed by atoms with van der Waals surface area (Å²) in [6, 6.07) is 20.5. The van der Waals surface area contributed by atoms with E-state index in [1.807, 2.05) is 0 Å². The van der Waals surface area contributed by atoms with Crippen LogP contribution in [0.25, 0.3) is 0 Å². The highest BCUT2D eigenvalue weighted by molar-refractivity contribution is 5.98. The number of phenolic OH excluding ortho intramolecular Hbond substituents is 2. The highest BCUT2D eigenvalue weighted by Crippen LogP contribution is 2.27. The van der Waals surface area contributed by atoms with E-state index in [9.17, 15) is 28.6 Å². The third-order valence-corrected chi connectivity index (χ3v) is 4.97. The number of carbonyl (C=O) groups excluding carboxylic acids is 2. The number of halogens is 2. The smallest absolute Gasteiger partial charge is 0.163 e. The van der Waals surface area contributed by atoms with Crippen molar-refractivity contribution in [2.45, 2.75) is 13.8 Å². The molecule has 0 spiro atoms. The standard InChI is InChI=1S/2C14H11FN2O2/c2*1-9(18)11-8-10(6-7-14(11)19)16-17-13-5-3-2-4-12(13)15/h2*2-8,19H,1H3. The zero-order valence-electron chi connectivity index (χ0n) is 20.3. The Hall–Kier alpha value is -5.12. The average Bonchev–Trinajstić information content (AvgIpc) is 2.89. The molecule has 0 aliphatic rings. The van der Waals surface area contributed by atoms with Gasteiger partial charge < -0.3 is 10.2 Å². The molecule has 0 aliphatic carbocycles. The molecule has 0 radical (unpaired) electrons. The van der Waals surface area contributed by atoms with Crippen molar-refractivity contribution in [2.24, 2.45) is 20.5 Å². The van der Waals surface area contributed by atoms with Crippen LogP contribution in [0.3, 0.4) is 0 Å². The van der Waals surface area contributed by atoms with Gasteiger partial charge in [0.05, 0.1) is 22.5 Å². The zero-order chi connectivity index (χ0) is 27.7. The molecule has 0 bridgehead atoms. The SMILES string of the molecule is CC(=O)c1cc(N=Nc2ccccc2F)ccc1O.CC(=O)c1cc(N=Nc2ccccc2F)ccc1O. The van der Waals surface area contributed by atoms with Gasteiger partial charge >= 0.3 is 0 Å². The molecule has 0 heterocycles. The molecule has 0 amide bonds. The summed E-state index contributed by atoms with van der Waals surface area (Å²) in [6.45, 7) is 2.68. The summed E-state index contributed by atoms with van der Waals surface area (Å²) in [6.07, 6.45) is 0. The Morgan fingerprint density at radius 2 is 0.947 bits per heavy atom. The van der Waals surface area contributed by atoms with Crippen LogP contribution in [0.5, 0.6) is 11.5 Å². The Labute approximate surface area is 216 Å². The van der Waals surface area contributed by atoms with Gasteiger partial charge in [0, 0.05) is 0 Å². The average molecular weight is 517 g/mol. The molecule has 192 valence electrons. The summed E-state index contributed by atoms with van der Waals surface area (Å²) in [7, 11) is 0. The first kappa shape index (κ1) is 27.5. The fourth-order valence-electron chi connectivity index (χ4n) is 3.03. The van der Waals surface area contributed by atoms with E-state index in [4.69, 9.17) is 0 Å². The molecule has 0 atom stereocenters. The van der Waals surface area contributed by atoms with E-state index in [0.717, 1.165) is 0 Å². The minimum Gasteiger partial charge on any atom is -0.507 e. The normalized spacial score (nSPS) is 10.8. The lowest BCUT2D eigenvalue weighted by Crippen LogP contribution is -1.91. The molecule has 4 rings (SSSR count). The molecule has 0 fully saturated rings. The summed E-state index contributed by atoms with van der Waals surface area (Å²) < 4.78 is 26.6. The van der Waals surface area contributed by atoms with Gasteiger partial charge in [-0.3, -0.25) is 9.59 Å². The first-order valence-electron chi connectivity index (χ1n) is 11.2. The lowest BCUT2D eigenvalue weighted by atomic mass is 10.1. The third kappa shape index (κ3) is 7.44. The van der Waals surface area contributed by atoms with E-state index < -0.39 is 11.6 Å². The maximum Gasteiger partial charge on any atom is 0.163 e. The molecule has 0 aromatic heterocycles. The number of rotatable bonds is 6. The highest BCUT2D eigenvalue weighted by Gasteiger charge is 2.08. The number of azo groups is 2. The molecular formula is C28H22F2N4O4. The predicted octanol–water partition coefficient (Wildman–Crippen LogP) is 8.30. The van der Waals surface area contributed by atoms with Gasteiger partial charge in [0.1, 0.15) is 22.9 Å². The van der Waals surface area contributed by atoms with Gasteiger partial charge in [-0.25, -0.2) is 8.78 Å². The Morgan fingerprint density at radius 1 is 0.579 bits per heavy atom. The van der Waals surface area contributed by atoms with Crippen molar-refractivity contribution in [3.63, 3.8) is 0 Å². The van der Waals surface area contributed by atoms with E-state index in [2.05, 4.69) is 20.5 Å². The minimum atomic E-state index is -0.475. The minimum absolute atomic E-state index is 0.111. The number of benzene rings is 4. The molecule has 8 nitrogen and oxygen atoms in total. The van der Waals surface area contributed by atoms with Gasteiger partial charge in [-0.05, 0) is 74.5 Å². The lowest BCUT2D eigenvalue weighted by Gasteiger charge is -2.01. The first-order chi connectivity index (χ1) is 18.2. The van der Waals surface area contributed by atoms with Crippen molar-refractivity contribution in [3.05, 3.63) is 108 Å². The molecular weight excluding hydrogens is 494 g/mol. The number of Topliss-reactive ketones (excluding diaryl/α,β-unsaturated/α-hetero) is 2. The Morgan fingerprint density at radius 3 is 1.29 bits per heavy atom. The third-order valence-electron chi connectivity index (χ3n) is 4.97. The van der Waals surface area contributed by atoms with E-state index in [0.29, 0.717) is 11.4 Å². The van der Waals surface area contributed by atoms with Crippen LogP contribution in [0.15, 0.2) is 105 Å². The number of carbonyl (C=O) groups is 2. The molecule has 0 aliphatic heterocycles. The molecule has 4 aromatic carbocycles. The van der Waals surface area contributed by atoms with Gasteiger partial charge in [-0.15, -0.1) is 10.2 Å². The van der Waals surface area contributed by atoms with Crippen LogP contribution in [0, 0.1) is 11.6 Å². The van der Waals surface area contributed by atoms with Gasteiger partial charge in [0.25, 0.3) is 0 Å². The number of phenols is 2. The molecule has 0 saturated heterocycles. The number of nitrogens with zero attached hydrogens (tertiary/aromatic N) is 4. The maximum atomic E-state index is 13.3. The quantitative estimate of drug-likeness (QED) is 0.197. The maximum absolute atomic E-state index is 13.3. The second-order valence-corrected chi connectivity index (χ2v) is 7.82. The Balaban J connectivity index is 0.000000211. The lowest BCUT2D eigenvalue weighted by molar-refractivity contribution is 0.100. The van der Waals surface area contributed by atoms with Crippen molar-refractivity contribution >= 4 is 34.3 Å². The van der Waals surface area contributed by atoms with Crippen LogP contribution >= 0.6 is 0 Å². The summed E-state index contributed by atoms with van der Waals surface area (Å²) in [5.74, 6) is -1.73. The first-order valence-corrected chi connectivity index (χ1v) is 11.2. The van der Waals surface area contributed by atoms with Crippen molar-refractivity contribution in [2.75, 3.05) is 0 Å². The second kappa shape index (κ2) is 12.7. The Bertz CT molecular complexity index is 1420. The van der Waals surface area contributed by atoms with Crippen LogP contribution in [0.1, 0.15) is 34.6 Å². The number of hydrogen-bond donors (Lipinski definition) is 2. The fourth-order valence-corrected chi connectivity index (χ4v) is 3.03. The van der Waals surface area contributed by atoms with E-state index in [1.165, 1.54) is 74.5 Å². The monoisotopic (exact) mass is 516 g/mol. The topological polar surface area (TPSA) is 124 Å². The van der Waals surface area contributed by atoms with Crippen molar-refractivity contribution < 1.29 is 28.6 Å². The van der Waals surface area contributed by atoms with E-state index in [1.54, 1.807) is 24.3 Å². The van der Waals surface area contributed by atoms with Crippen LogP contribution in [-0.2, 0) is 0 Å². The molecule has 0 unspecified atom stereocenters. The van der Waals surface area contributed by atoms with Gasteiger partial charge in [0.2, 0.25) is 0 Å². The molecule has 10 heteroatoms. The molecule has 0 saturated carbocycles. The number of aromatic hydroxyl groups is 2. The van der Waals surface area contributed by atoms with Gasteiger partial charge in [-0.1, -0.05) is 24.3 Å².